The number of thiophene rings is 1. The summed E-state index contributed by atoms with van der Waals surface area (Å²) in [5.41, 5.74) is 1.05. The molecule has 0 aliphatic carbocycles. The maximum Gasteiger partial charge on any atom is 0.271 e. The van der Waals surface area contributed by atoms with E-state index in [1.54, 1.807) is 45.3 Å². The molecule has 0 saturated carbocycles. The Hall–Kier alpha value is -2.52. The zero-order chi connectivity index (χ0) is 19.6. The lowest BCUT2D eigenvalue weighted by atomic mass is 10.2. The topological polar surface area (TPSA) is 82.5 Å². The number of thioether (sulfide) groups is 1. The van der Waals surface area contributed by atoms with Crippen LogP contribution < -0.4 is 20.3 Å². The van der Waals surface area contributed by atoms with Crippen LogP contribution in [0.5, 0.6) is 11.5 Å². The van der Waals surface area contributed by atoms with E-state index in [2.05, 4.69) is 10.3 Å². The Morgan fingerprint density at radius 3 is 2.78 bits per heavy atom. The van der Waals surface area contributed by atoms with E-state index in [4.69, 9.17) is 9.47 Å². The fourth-order valence-corrected chi connectivity index (χ4v) is 4.11. The summed E-state index contributed by atoms with van der Waals surface area (Å²) in [4.78, 5) is 29.5. The van der Waals surface area contributed by atoms with E-state index in [9.17, 15) is 9.59 Å². The molecule has 1 unspecified atom stereocenters. The van der Waals surface area contributed by atoms with Crippen LogP contribution >= 0.6 is 23.1 Å². The van der Waals surface area contributed by atoms with Crippen molar-refractivity contribution in [3.05, 3.63) is 40.0 Å². The third-order valence-corrected chi connectivity index (χ3v) is 6.00. The predicted octanol–water partition coefficient (Wildman–Crippen LogP) is 3.13. The number of nitrogens with one attached hydrogen (secondary N) is 1. The SMILES string of the molecule is COc1ccc(OC)c(NC(=O)C(C)Sc2nc3ccsc3c(=O)n2C)c1. The van der Waals surface area contributed by atoms with Crippen molar-refractivity contribution in [2.45, 2.75) is 17.3 Å². The molecule has 3 aromatic rings. The molecular weight excluding hydrogens is 386 g/mol. The van der Waals surface area contributed by atoms with Crippen LogP contribution in [-0.4, -0.2) is 34.9 Å². The number of hydrogen-bond acceptors (Lipinski definition) is 7. The largest absolute Gasteiger partial charge is 0.497 e. The number of aromatic nitrogens is 2. The van der Waals surface area contributed by atoms with Gasteiger partial charge in [-0.3, -0.25) is 14.2 Å². The van der Waals surface area contributed by atoms with Gasteiger partial charge in [0.15, 0.2) is 5.16 Å². The number of benzene rings is 1. The van der Waals surface area contributed by atoms with Gasteiger partial charge in [-0.05, 0) is 30.5 Å². The molecule has 0 aliphatic heterocycles. The van der Waals surface area contributed by atoms with Crippen LogP contribution in [0.4, 0.5) is 5.69 Å². The Morgan fingerprint density at radius 1 is 1.30 bits per heavy atom. The minimum Gasteiger partial charge on any atom is -0.497 e. The van der Waals surface area contributed by atoms with Crippen LogP contribution in [0.1, 0.15) is 6.92 Å². The second kappa shape index (κ2) is 8.01. The first-order valence-electron chi connectivity index (χ1n) is 8.08. The molecule has 7 nitrogen and oxygen atoms in total. The molecule has 9 heteroatoms. The number of fused-ring (bicyclic) bond motifs is 1. The molecule has 1 aromatic carbocycles. The fourth-order valence-electron chi connectivity index (χ4n) is 2.43. The molecule has 1 amide bonds. The van der Waals surface area contributed by atoms with E-state index in [1.807, 2.05) is 5.38 Å². The average molecular weight is 406 g/mol. The molecule has 0 spiro atoms. The maximum absolute atomic E-state index is 12.7. The smallest absolute Gasteiger partial charge is 0.271 e. The summed E-state index contributed by atoms with van der Waals surface area (Å²) in [5.74, 6) is 0.913. The molecule has 2 heterocycles. The molecular formula is C18H19N3O4S2. The highest BCUT2D eigenvalue weighted by atomic mass is 32.2. The summed E-state index contributed by atoms with van der Waals surface area (Å²) in [6, 6.07) is 6.97. The van der Waals surface area contributed by atoms with E-state index in [0.717, 1.165) is 0 Å². The van der Waals surface area contributed by atoms with Gasteiger partial charge in [0.05, 0.1) is 30.7 Å². The third kappa shape index (κ3) is 3.93. The number of amides is 1. The van der Waals surface area contributed by atoms with Crippen LogP contribution in [0.15, 0.2) is 39.6 Å². The molecule has 0 saturated heterocycles. The van der Waals surface area contributed by atoms with Gasteiger partial charge < -0.3 is 14.8 Å². The number of nitrogens with zero attached hydrogens (tertiary/aromatic N) is 2. The van der Waals surface area contributed by atoms with E-state index in [-0.39, 0.29) is 11.5 Å². The Bertz CT molecular complexity index is 1040. The van der Waals surface area contributed by atoms with Gasteiger partial charge in [-0.15, -0.1) is 11.3 Å². The quantitative estimate of drug-likeness (QED) is 0.501. The molecule has 0 radical (unpaired) electrons. The van der Waals surface area contributed by atoms with Crippen molar-refractivity contribution in [3.63, 3.8) is 0 Å². The van der Waals surface area contributed by atoms with Crippen LogP contribution in [-0.2, 0) is 11.8 Å². The standard InChI is InChI=1S/C18H19N3O4S2/c1-10(16(22)19-13-9-11(24-3)5-6-14(13)25-4)27-18-20-12-7-8-26-15(12)17(23)21(18)2/h5-10H,1-4H3,(H,19,22). The predicted molar refractivity (Wildman–Crippen MR) is 108 cm³/mol. The number of anilines is 1. The molecule has 3 rings (SSSR count). The van der Waals surface area contributed by atoms with Crippen LogP contribution in [0, 0.1) is 0 Å². The number of methoxy groups -OCH3 is 2. The molecule has 0 fully saturated rings. The number of rotatable bonds is 6. The van der Waals surface area contributed by atoms with Crippen molar-refractivity contribution in [2.75, 3.05) is 19.5 Å². The summed E-state index contributed by atoms with van der Waals surface area (Å²) in [5, 5.41) is 4.69. The summed E-state index contributed by atoms with van der Waals surface area (Å²) in [6.45, 7) is 1.76. The average Bonchev–Trinajstić information content (AvgIpc) is 3.14. The normalized spacial score (nSPS) is 12.0. The third-order valence-electron chi connectivity index (χ3n) is 3.96. The van der Waals surface area contributed by atoms with Crippen molar-refractivity contribution in [3.8, 4) is 11.5 Å². The molecule has 142 valence electrons. The summed E-state index contributed by atoms with van der Waals surface area (Å²) >= 11 is 2.59. The van der Waals surface area contributed by atoms with Crippen LogP contribution in [0.2, 0.25) is 0 Å². The summed E-state index contributed by atoms with van der Waals surface area (Å²) in [6.07, 6.45) is 0. The minimum atomic E-state index is -0.477. The van der Waals surface area contributed by atoms with Gasteiger partial charge in [-0.25, -0.2) is 4.98 Å². The van der Waals surface area contributed by atoms with Gasteiger partial charge >= 0.3 is 0 Å². The van der Waals surface area contributed by atoms with Crippen molar-refractivity contribution in [1.82, 2.24) is 9.55 Å². The van der Waals surface area contributed by atoms with Gasteiger partial charge in [-0.1, -0.05) is 11.8 Å². The van der Waals surface area contributed by atoms with Crippen molar-refractivity contribution in [2.24, 2.45) is 7.05 Å². The lowest BCUT2D eigenvalue weighted by Gasteiger charge is -2.15. The maximum atomic E-state index is 12.7. The van der Waals surface area contributed by atoms with E-state index in [1.165, 1.54) is 34.8 Å². The first kappa shape index (κ1) is 19.2. The minimum absolute atomic E-state index is 0.112. The molecule has 1 N–H and O–H groups in total. The fraction of sp³-hybridized carbons (Fsp3) is 0.278. The first-order chi connectivity index (χ1) is 12.9. The Morgan fingerprint density at radius 2 is 2.07 bits per heavy atom. The Kier molecular flexibility index (Phi) is 5.71. The molecule has 2 aromatic heterocycles. The first-order valence-corrected chi connectivity index (χ1v) is 9.84. The second-order valence-electron chi connectivity index (χ2n) is 5.71. The summed E-state index contributed by atoms with van der Waals surface area (Å²) in [7, 11) is 4.75. The zero-order valence-corrected chi connectivity index (χ0v) is 16.9. The van der Waals surface area contributed by atoms with Crippen molar-refractivity contribution in [1.29, 1.82) is 0 Å². The van der Waals surface area contributed by atoms with E-state index < -0.39 is 5.25 Å². The lowest BCUT2D eigenvalue weighted by molar-refractivity contribution is -0.115. The molecule has 27 heavy (non-hydrogen) atoms. The van der Waals surface area contributed by atoms with Crippen LogP contribution in [0.3, 0.4) is 0 Å². The Balaban J connectivity index is 1.81. The molecule has 0 aliphatic rings. The number of hydrogen-bond donors (Lipinski definition) is 1. The number of ether oxygens (including phenoxy) is 2. The van der Waals surface area contributed by atoms with Crippen molar-refractivity contribution < 1.29 is 14.3 Å². The highest BCUT2D eigenvalue weighted by molar-refractivity contribution is 8.00. The Labute approximate surface area is 164 Å². The number of carbonyl (C=O) groups excluding carboxylic acids is 1. The van der Waals surface area contributed by atoms with Gasteiger partial charge in [0.1, 0.15) is 16.2 Å². The van der Waals surface area contributed by atoms with E-state index >= 15 is 0 Å². The van der Waals surface area contributed by atoms with Gasteiger partial charge in [0, 0.05) is 13.1 Å². The van der Waals surface area contributed by atoms with Crippen LogP contribution in [0.25, 0.3) is 10.2 Å². The number of carbonyl (C=O) groups is 1. The zero-order valence-electron chi connectivity index (χ0n) is 15.3. The highest BCUT2D eigenvalue weighted by Gasteiger charge is 2.20. The summed E-state index contributed by atoms with van der Waals surface area (Å²) < 4.78 is 12.6. The van der Waals surface area contributed by atoms with Crippen molar-refractivity contribution >= 4 is 44.9 Å². The monoisotopic (exact) mass is 405 g/mol. The lowest BCUT2D eigenvalue weighted by Crippen LogP contribution is -2.25. The second-order valence-corrected chi connectivity index (χ2v) is 7.93. The van der Waals surface area contributed by atoms with E-state index in [0.29, 0.717) is 32.6 Å². The highest BCUT2D eigenvalue weighted by Crippen LogP contribution is 2.30. The molecule has 1 atom stereocenters. The molecule has 0 bridgehead atoms. The van der Waals surface area contributed by atoms with Gasteiger partial charge in [-0.2, -0.15) is 0 Å². The van der Waals surface area contributed by atoms with Gasteiger partial charge in [0.2, 0.25) is 5.91 Å². The van der Waals surface area contributed by atoms with Gasteiger partial charge in [0.25, 0.3) is 5.56 Å².